The van der Waals surface area contributed by atoms with Crippen molar-refractivity contribution in [2.24, 2.45) is 0 Å². The first-order chi connectivity index (χ1) is 16.1. The van der Waals surface area contributed by atoms with Crippen LogP contribution in [0.2, 0.25) is 0 Å². The number of ether oxygens (including phenoxy) is 1. The highest BCUT2D eigenvalue weighted by atomic mass is 16.6. The second-order valence-corrected chi connectivity index (χ2v) is 8.48. The summed E-state index contributed by atoms with van der Waals surface area (Å²) in [6, 6.07) is 19.4. The van der Waals surface area contributed by atoms with E-state index in [1.807, 2.05) is 77.4 Å². The summed E-state index contributed by atoms with van der Waals surface area (Å²) in [7, 11) is 0. The molecule has 3 aromatic rings. The van der Waals surface area contributed by atoms with Crippen LogP contribution in [-0.4, -0.2) is 67.2 Å². The normalized spacial score (nSPS) is 21.3. The molecule has 2 aromatic carbocycles. The van der Waals surface area contributed by atoms with E-state index in [0.29, 0.717) is 31.8 Å². The summed E-state index contributed by atoms with van der Waals surface area (Å²) in [6.45, 7) is 3.23. The molecule has 0 aliphatic carbocycles. The van der Waals surface area contributed by atoms with Gasteiger partial charge in [-0.1, -0.05) is 60.7 Å². The molecule has 5 rings (SSSR count). The van der Waals surface area contributed by atoms with E-state index in [4.69, 9.17) is 4.74 Å². The molecule has 2 saturated heterocycles. The number of aromatic nitrogens is 4. The number of likely N-dealkylation sites (tertiary alicyclic amines) is 1. The van der Waals surface area contributed by atoms with Crippen LogP contribution in [0.1, 0.15) is 31.4 Å². The maximum absolute atomic E-state index is 12.8. The van der Waals surface area contributed by atoms with E-state index >= 15 is 0 Å². The van der Waals surface area contributed by atoms with Crippen LogP contribution in [0.3, 0.4) is 0 Å². The molecule has 2 atom stereocenters. The van der Waals surface area contributed by atoms with Crippen molar-refractivity contribution in [1.82, 2.24) is 30.0 Å². The van der Waals surface area contributed by atoms with E-state index < -0.39 is 0 Å². The summed E-state index contributed by atoms with van der Waals surface area (Å²) in [4.78, 5) is 30.4. The first-order valence-corrected chi connectivity index (χ1v) is 11.2. The lowest BCUT2D eigenvalue weighted by atomic mass is 9.98. The van der Waals surface area contributed by atoms with Gasteiger partial charge in [-0.15, -0.1) is 10.2 Å². The van der Waals surface area contributed by atoms with Gasteiger partial charge in [0, 0.05) is 24.7 Å². The van der Waals surface area contributed by atoms with Gasteiger partial charge >= 0.3 is 6.09 Å². The summed E-state index contributed by atoms with van der Waals surface area (Å²) in [6.07, 6.45) is 0.886. The Kier molecular flexibility index (Phi) is 5.77. The molecule has 9 heteroatoms. The minimum Gasteiger partial charge on any atom is -0.439 e. The molecule has 1 aromatic heterocycles. The third kappa shape index (κ3) is 4.30. The van der Waals surface area contributed by atoms with Gasteiger partial charge in [0.2, 0.25) is 11.7 Å². The predicted molar refractivity (Wildman–Crippen MR) is 120 cm³/mol. The zero-order chi connectivity index (χ0) is 22.8. The van der Waals surface area contributed by atoms with Gasteiger partial charge in [0.15, 0.2) is 0 Å². The Morgan fingerprint density at radius 2 is 1.70 bits per heavy atom. The fourth-order valence-electron chi connectivity index (χ4n) is 4.68. The highest BCUT2D eigenvalue weighted by molar-refractivity contribution is 5.76. The monoisotopic (exact) mass is 446 g/mol. The summed E-state index contributed by atoms with van der Waals surface area (Å²) in [5.74, 6) is 0.446. The van der Waals surface area contributed by atoms with Crippen LogP contribution in [0.15, 0.2) is 60.7 Å². The molecule has 0 radical (unpaired) electrons. The van der Waals surface area contributed by atoms with Gasteiger partial charge in [0.25, 0.3) is 0 Å². The molecular weight excluding hydrogens is 420 g/mol. The van der Waals surface area contributed by atoms with Crippen LogP contribution in [0, 0.1) is 0 Å². The number of nitrogens with zero attached hydrogens (tertiary/aromatic N) is 6. The van der Waals surface area contributed by atoms with Crippen molar-refractivity contribution >= 4 is 12.0 Å². The van der Waals surface area contributed by atoms with Crippen molar-refractivity contribution in [2.75, 3.05) is 13.1 Å². The van der Waals surface area contributed by atoms with Crippen LogP contribution in [-0.2, 0) is 16.1 Å². The number of rotatable bonds is 5. The molecule has 0 saturated carbocycles. The molecule has 2 aliphatic rings. The summed E-state index contributed by atoms with van der Waals surface area (Å²) < 4.78 is 5.70. The maximum atomic E-state index is 12.8. The molecule has 2 aliphatic heterocycles. The molecule has 170 valence electrons. The molecule has 3 heterocycles. The zero-order valence-corrected chi connectivity index (χ0v) is 18.4. The van der Waals surface area contributed by atoms with Crippen molar-refractivity contribution in [2.45, 2.75) is 44.5 Å². The van der Waals surface area contributed by atoms with Crippen molar-refractivity contribution < 1.29 is 14.3 Å². The average Bonchev–Trinajstić information content (AvgIpc) is 3.44. The quantitative estimate of drug-likeness (QED) is 0.598. The Balaban J connectivity index is 1.17. The van der Waals surface area contributed by atoms with Gasteiger partial charge in [-0.05, 0) is 30.5 Å². The number of piperidine rings is 1. The Labute approximate surface area is 191 Å². The second-order valence-electron chi connectivity index (χ2n) is 8.48. The maximum Gasteiger partial charge on any atom is 0.411 e. The minimum absolute atomic E-state index is 0.0444. The van der Waals surface area contributed by atoms with Crippen LogP contribution < -0.4 is 0 Å². The number of tetrazole rings is 1. The highest BCUT2D eigenvalue weighted by Gasteiger charge is 2.44. The summed E-state index contributed by atoms with van der Waals surface area (Å²) in [5, 5.41) is 12.4. The molecule has 0 spiro atoms. The van der Waals surface area contributed by atoms with Gasteiger partial charge in [-0.3, -0.25) is 9.69 Å². The number of carbonyl (C=O) groups excluding carboxylic acids is 2. The number of cyclic esters (lactones) is 1. The smallest absolute Gasteiger partial charge is 0.411 e. The molecule has 0 N–H and O–H groups in total. The third-order valence-electron chi connectivity index (χ3n) is 6.42. The van der Waals surface area contributed by atoms with E-state index in [1.54, 1.807) is 0 Å². The van der Waals surface area contributed by atoms with Gasteiger partial charge in [-0.25, -0.2) is 4.79 Å². The Hall–Kier alpha value is -3.75. The third-order valence-corrected chi connectivity index (χ3v) is 6.42. The van der Waals surface area contributed by atoms with Crippen molar-refractivity contribution in [3.05, 3.63) is 66.2 Å². The fraction of sp³-hybridized carbons (Fsp3) is 0.375. The number of hydrogen-bond donors (Lipinski definition) is 0. The second kappa shape index (κ2) is 9.01. The number of amides is 2. The molecular formula is C24H26N6O3. The van der Waals surface area contributed by atoms with Crippen LogP contribution in [0.25, 0.3) is 11.4 Å². The first kappa shape index (κ1) is 21.1. The van der Waals surface area contributed by atoms with Crippen molar-refractivity contribution in [3.63, 3.8) is 0 Å². The van der Waals surface area contributed by atoms with Gasteiger partial charge < -0.3 is 9.64 Å². The van der Waals surface area contributed by atoms with Crippen LogP contribution in [0.5, 0.6) is 0 Å². The van der Waals surface area contributed by atoms with Crippen molar-refractivity contribution in [3.8, 4) is 11.4 Å². The topological polar surface area (TPSA) is 93.5 Å². The zero-order valence-electron chi connectivity index (χ0n) is 18.4. The molecule has 0 unspecified atom stereocenters. The van der Waals surface area contributed by atoms with E-state index in [1.165, 1.54) is 4.80 Å². The SMILES string of the molecule is C[C@@H]1[C@H](c2ccccc2)OC(=O)N1C1CCN(C(=O)Cn2nnc(-c3ccccc3)n2)CC1. The average molecular weight is 447 g/mol. The number of carbonyl (C=O) groups is 2. The Morgan fingerprint density at radius 3 is 2.39 bits per heavy atom. The predicted octanol–water partition coefficient (Wildman–Crippen LogP) is 2.91. The summed E-state index contributed by atoms with van der Waals surface area (Å²) >= 11 is 0. The molecule has 2 fully saturated rings. The van der Waals surface area contributed by atoms with Crippen molar-refractivity contribution in [1.29, 1.82) is 0 Å². The Bertz CT molecular complexity index is 1110. The van der Waals surface area contributed by atoms with Gasteiger partial charge in [0.05, 0.1) is 6.04 Å². The lowest BCUT2D eigenvalue weighted by Crippen LogP contribution is -2.49. The van der Waals surface area contributed by atoms with Crippen LogP contribution in [0.4, 0.5) is 4.79 Å². The first-order valence-electron chi connectivity index (χ1n) is 11.2. The van der Waals surface area contributed by atoms with E-state index in [2.05, 4.69) is 15.4 Å². The van der Waals surface area contributed by atoms with Gasteiger partial charge in [0.1, 0.15) is 12.6 Å². The van der Waals surface area contributed by atoms with E-state index in [0.717, 1.165) is 11.1 Å². The lowest BCUT2D eigenvalue weighted by Gasteiger charge is -2.37. The largest absolute Gasteiger partial charge is 0.439 e. The number of hydrogen-bond acceptors (Lipinski definition) is 6. The lowest BCUT2D eigenvalue weighted by molar-refractivity contribution is -0.133. The van der Waals surface area contributed by atoms with E-state index in [9.17, 15) is 9.59 Å². The molecule has 0 bridgehead atoms. The molecule has 2 amide bonds. The van der Waals surface area contributed by atoms with E-state index in [-0.39, 0.29) is 36.7 Å². The fourth-order valence-corrected chi connectivity index (χ4v) is 4.68. The highest BCUT2D eigenvalue weighted by Crippen LogP contribution is 2.35. The van der Waals surface area contributed by atoms with Gasteiger partial charge in [-0.2, -0.15) is 4.80 Å². The molecule has 33 heavy (non-hydrogen) atoms. The standard InChI is InChI=1S/C24H26N6O3/c1-17-22(18-8-4-2-5-9-18)33-24(32)30(17)20-12-14-28(15-13-20)21(31)16-29-26-23(25-27-29)19-10-6-3-7-11-19/h2-11,17,20,22H,12-16H2,1H3/t17-,22-/m1/s1. The summed E-state index contributed by atoms with van der Waals surface area (Å²) in [5.41, 5.74) is 1.86. The van der Waals surface area contributed by atoms with Crippen LogP contribution >= 0.6 is 0 Å². The Morgan fingerprint density at radius 1 is 1.03 bits per heavy atom. The number of benzene rings is 2. The minimum atomic E-state index is -0.276. The molecule has 9 nitrogen and oxygen atoms in total.